The summed E-state index contributed by atoms with van der Waals surface area (Å²) in [5.41, 5.74) is 3.23. The summed E-state index contributed by atoms with van der Waals surface area (Å²) in [4.78, 5) is 4.60. The number of anilines is 1. The van der Waals surface area contributed by atoms with Crippen molar-refractivity contribution in [2.45, 2.75) is 20.0 Å². The summed E-state index contributed by atoms with van der Waals surface area (Å²) < 4.78 is 2.17. The van der Waals surface area contributed by atoms with Crippen LogP contribution in [0.5, 0.6) is 0 Å². The van der Waals surface area contributed by atoms with Crippen LogP contribution >= 0.6 is 0 Å². The van der Waals surface area contributed by atoms with Gasteiger partial charge in [0.25, 0.3) is 0 Å². The molecule has 0 amide bonds. The molecule has 0 aliphatic heterocycles. The summed E-state index contributed by atoms with van der Waals surface area (Å²) in [7, 11) is 0. The van der Waals surface area contributed by atoms with Crippen LogP contribution in [0.15, 0.2) is 36.5 Å². The summed E-state index contributed by atoms with van der Waals surface area (Å²) in [5, 5.41) is 10.2. The summed E-state index contributed by atoms with van der Waals surface area (Å²) in [6, 6.07) is 10.1. The monoisotopic (exact) mass is 241 g/mol. The highest BCUT2D eigenvalue weighted by Crippen LogP contribution is 2.19. The third kappa shape index (κ3) is 1.84. The first-order valence-corrected chi connectivity index (χ1v) is 6.06. The number of fused-ring (bicyclic) bond motifs is 1. The number of hydrogen-bond acceptors (Lipinski definition) is 3. The maximum atomic E-state index is 4.60. The lowest BCUT2D eigenvalue weighted by molar-refractivity contribution is 0.785. The lowest BCUT2D eigenvalue weighted by Gasteiger charge is -2.07. The van der Waals surface area contributed by atoms with Crippen molar-refractivity contribution in [1.29, 1.82) is 0 Å². The summed E-state index contributed by atoms with van der Waals surface area (Å²) in [6.45, 7) is 3.71. The Morgan fingerprint density at radius 3 is 2.94 bits per heavy atom. The van der Waals surface area contributed by atoms with Crippen LogP contribution in [0.25, 0.3) is 11.0 Å². The third-order valence-corrected chi connectivity index (χ3v) is 2.97. The predicted molar refractivity (Wildman–Crippen MR) is 71.3 cm³/mol. The fourth-order valence-electron chi connectivity index (χ4n) is 2.09. The smallest absolute Gasteiger partial charge is 0.204 e. The Balaban J connectivity index is 1.91. The molecule has 0 fully saturated rings. The highest BCUT2D eigenvalue weighted by Gasteiger charge is 2.08. The van der Waals surface area contributed by atoms with Crippen molar-refractivity contribution in [1.82, 2.24) is 19.7 Å². The average molecular weight is 241 g/mol. The van der Waals surface area contributed by atoms with Crippen LogP contribution in [0.4, 0.5) is 5.95 Å². The minimum absolute atomic E-state index is 0.698. The number of rotatable bonds is 4. The van der Waals surface area contributed by atoms with E-state index in [2.05, 4.69) is 38.1 Å². The number of benzene rings is 1. The number of imidazole rings is 1. The Morgan fingerprint density at radius 2 is 2.17 bits per heavy atom. The van der Waals surface area contributed by atoms with Gasteiger partial charge in [-0.1, -0.05) is 12.1 Å². The molecule has 0 unspecified atom stereocenters. The summed E-state index contributed by atoms with van der Waals surface area (Å²) >= 11 is 0. The Morgan fingerprint density at radius 1 is 1.28 bits per heavy atom. The quantitative estimate of drug-likeness (QED) is 0.737. The van der Waals surface area contributed by atoms with E-state index in [4.69, 9.17) is 0 Å². The maximum Gasteiger partial charge on any atom is 0.204 e. The van der Waals surface area contributed by atoms with Gasteiger partial charge in [0.2, 0.25) is 5.95 Å². The lowest BCUT2D eigenvalue weighted by Crippen LogP contribution is -2.07. The lowest BCUT2D eigenvalue weighted by atomic mass is 10.3. The van der Waals surface area contributed by atoms with Gasteiger partial charge >= 0.3 is 0 Å². The van der Waals surface area contributed by atoms with Gasteiger partial charge in [0.15, 0.2) is 0 Å². The first-order chi connectivity index (χ1) is 8.88. The van der Waals surface area contributed by atoms with Crippen molar-refractivity contribution < 1.29 is 0 Å². The van der Waals surface area contributed by atoms with Crippen LogP contribution in [-0.2, 0) is 13.1 Å². The SMILES string of the molecule is CCn1c(NCc2ccn[nH]2)nc2ccccc21. The van der Waals surface area contributed by atoms with Gasteiger partial charge in [0.05, 0.1) is 23.3 Å². The van der Waals surface area contributed by atoms with Crippen molar-refractivity contribution in [3.8, 4) is 0 Å². The number of aromatic amines is 1. The van der Waals surface area contributed by atoms with E-state index < -0.39 is 0 Å². The Hall–Kier alpha value is -2.30. The second-order valence-electron chi connectivity index (χ2n) is 4.10. The van der Waals surface area contributed by atoms with E-state index in [0.29, 0.717) is 6.54 Å². The topological polar surface area (TPSA) is 58.5 Å². The number of nitrogens with one attached hydrogen (secondary N) is 2. The van der Waals surface area contributed by atoms with Gasteiger partial charge in [-0.15, -0.1) is 0 Å². The molecular weight excluding hydrogens is 226 g/mol. The zero-order valence-corrected chi connectivity index (χ0v) is 10.2. The van der Waals surface area contributed by atoms with Gasteiger partial charge in [-0.25, -0.2) is 4.98 Å². The van der Waals surface area contributed by atoms with E-state index in [0.717, 1.165) is 29.2 Å². The molecule has 0 aliphatic rings. The predicted octanol–water partition coefficient (Wildman–Crippen LogP) is 2.39. The van der Waals surface area contributed by atoms with Crippen LogP contribution in [-0.4, -0.2) is 19.7 Å². The third-order valence-electron chi connectivity index (χ3n) is 2.97. The van der Waals surface area contributed by atoms with Gasteiger partial charge in [0.1, 0.15) is 0 Å². The van der Waals surface area contributed by atoms with Crippen LogP contribution in [0.3, 0.4) is 0 Å². The van der Waals surface area contributed by atoms with Gasteiger partial charge in [-0.2, -0.15) is 5.10 Å². The van der Waals surface area contributed by atoms with Crippen LogP contribution in [0.2, 0.25) is 0 Å². The highest BCUT2D eigenvalue weighted by atomic mass is 15.2. The molecular formula is C13H15N5. The van der Waals surface area contributed by atoms with Crippen LogP contribution < -0.4 is 5.32 Å². The van der Waals surface area contributed by atoms with Crippen molar-refractivity contribution in [3.05, 3.63) is 42.2 Å². The van der Waals surface area contributed by atoms with E-state index in [1.54, 1.807) is 6.20 Å². The number of H-pyrrole nitrogens is 1. The average Bonchev–Trinajstić information content (AvgIpc) is 3.03. The molecule has 2 aromatic heterocycles. The molecule has 18 heavy (non-hydrogen) atoms. The normalized spacial score (nSPS) is 10.9. The first-order valence-electron chi connectivity index (χ1n) is 6.06. The molecule has 5 heteroatoms. The summed E-state index contributed by atoms with van der Waals surface area (Å²) in [6.07, 6.45) is 1.75. The zero-order valence-electron chi connectivity index (χ0n) is 10.2. The number of nitrogens with zero attached hydrogens (tertiary/aromatic N) is 3. The second-order valence-corrected chi connectivity index (χ2v) is 4.10. The Labute approximate surface area is 105 Å². The molecule has 3 rings (SSSR count). The molecule has 1 aromatic carbocycles. The van der Waals surface area contributed by atoms with Crippen molar-refractivity contribution in [2.75, 3.05) is 5.32 Å². The summed E-state index contributed by atoms with van der Waals surface area (Å²) in [5.74, 6) is 0.897. The largest absolute Gasteiger partial charge is 0.350 e. The van der Waals surface area contributed by atoms with E-state index in [1.165, 1.54) is 0 Å². The molecule has 0 spiro atoms. The number of aryl methyl sites for hydroxylation is 1. The molecule has 0 saturated heterocycles. The van der Waals surface area contributed by atoms with E-state index in [9.17, 15) is 0 Å². The fourth-order valence-corrected chi connectivity index (χ4v) is 2.09. The van der Waals surface area contributed by atoms with Crippen molar-refractivity contribution in [3.63, 3.8) is 0 Å². The molecule has 0 atom stereocenters. The van der Waals surface area contributed by atoms with E-state index in [-0.39, 0.29) is 0 Å². The molecule has 3 aromatic rings. The van der Waals surface area contributed by atoms with Gasteiger partial charge in [-0.3, -0.25) is 5.10 Å². The van der Waals surface area contributed by atoms with Crippen LogP contribution in [0, 0.1) is 0 Å². The number of hydrogen-bond donors (Lipinski definition) is 2. The second kappa shape index (κ2) is 4.52. The molecule has 2 heterocycles. The van der Waals surface area contributed by atoms with Crippen molar-refractivity contribution >= 4 is 17.0 Å². The van der Waals surface area contributed by atoms with E-state index in [1.807, 2.05) is 24.3 Å². The maximum absolute atomic E-state index is 4.60. The standard InChI is InChI=1S/C13H15N5/c1-2-18-12-6-4-3-5-11(12)16-13(18)14-9-10-7-8-15-17-10/h3-8H,2,9H2,1H3,(H,14,16)(H,15,17). The zero-order chi connectivity index (χ0) is 12.4. The highest BCUT2D eigenvalue weighted by molar-refractivity contribution is 5.78. The Kier molecular flexibility index (Phi) is 2.72. The van der Waals surface area contributed by atoms with Gasteiger partial charge in [-0.05, 0) is 25.1 Å². The minimum atomic E-state index is 0.698. The number of para-hydroxylation sites is 2. The number of aromatic nitrogens is 4. The molecule has 0 bridgehead atoms. The Bertz CT molecular complexity index is 639. The molecule has 0 radical (unpaired) electrons. The molecule has 5 nitrogen and oxygen atoms in total. The minimum Gasteiger partial charge on any atom is -0.350 e. The molecule has 0 aliphatic carbocycles. The fraction of sp³-hybridized carbons (Fsp3) is 0.231. The van der Waals surface area contributed by atoms with Crippen LogP contribution in [0.1, 0.15) is 12.6 Å². The van der Waals surface area contributed by atoms with Gasteiger partial charge < -0.3 is 9.88 Å². The molecule has 2 N–H and O–H groups in total. The molecule has 0 saturated carbocycles. The van der Waals surface area contributed by atoms with Gasteiger partial charge in [0, 0.05) is 12.7 Å². The van der Waals surface area contributed by atoms with Crippen molar-refractivity contribution in [2.24, 2.45) is 0 Å². The molecule has 92 valence electrons. The van der Waals surface area contributed by atoms with E-state index >= 15 is 0 Å². The first kappa shape index (κ1) is 10.8.